The number of hydrogen-bond acceptors (Lipinski definition) is 6. The number of nitrogens with zero attached hydrogens (tertiary/aromatic N) is 1. The van der Waals surface area contributed by atoms with E-state index in [4.69, 9.17) is 0 Å². The molecule has 0 aromatic heterocycles. The van der Waals surface area contributed by atoms with Crippen molar-refractivity contribution >= 4 is 27.5 Å². The Morgan fingerprint density at radius 3 is 2.32 bits per heavy atom. The van der Waals surface area contributed by atoms with Gasteiger partial charge in [0.15, 0.2) is 9.84 Å². The average molecular weight is 291 g/mol. The van der Waals surface area contributed by atoms with E-state index >= 15 is 0 Å². The number of amides is 1. The number of Topliss-reactive ketones (excluding diaryl/α,β-unsaturated/α-hetero) is 1. The van der Waals surface area contributed by atoms with E-state index in [0.717, 1.165) is 0 Å². The summed E-state index contributed by atoms with van der Waals surface area (Å²) in [5.41, 5.74) is 0. The fourth-order valence-electron chi connectivity index (χ4n) is 1.72. The molecule has 0 aromatic carbocycles. The molecule has 0 N–H and O–H groups in total. The molecular formula is C11H17NO6S. The van der Waals surface area contributed by atoms with Crippen LogP contribution in [0.25, 0.3) is 0 Å². The summed E-state index contributed by atoms with van der Waals surface area (Å²) in [5, 5.41) is 0. The quantitative estimate of drug-likeness (QED) is 0.612. The Balaban J connectivity index is 2.51. The van der Waals surface area contributed by atoms with E-state index < -0.39 is 33.2 Å². The molecule has 1 aliphatic rings. The highest BCUT2D eigenvalue weighted by Gasteiger charge is 2.27. The molecule has 1 amide bonds. The summed E-state index contributed by atoms with van der Waals surface area (Å²) in [6, 6.07) is 0. The highest BCUT2D eigenvalue weighted by Crippen LogP contribution is 2.07. The Bertz CT molecular complexity index is 460. The summed E-state index contributed by atoms with van der Waals surface area (Å²) >= 11 is 0. The highest BCUT2D eigenvalue weighted by atomic mass is 32.2. The zero-order valence-corrected chi connectivity index (χ0v) is 11.6. The Morgan fingerprint density at radius 1 is 1.21 bits per heavy atom. The van der Waals surface area contributed by atoms with E-state index in [1.807, 2.05) is 0 Å². The third-order valence-corrected chi connectivity index (χ3v) is 4.02. The summed E-state index contributed by atoms with van der Waals surface area (Å²) in [6.07, 6.45) is 0.507. The number of likely N-dealkylation sites (tertiary alicyclic amines) is 1. The molecule has 0 spiro atoms. The molecule has 0 radical (unpaired) electrons. The van der Waals surface area contributed by atoms with Crippen LogP contribution in [0.15, 0.2) is 0 Å². The van der Waals surface area contributed by atoms with Gasteiger partial charge in [-0.25, -0.2) is 8.42 Å². The van der Waals surface area contributed by atoms with E-state index in [9.17, 15) is 22.8 Å². The smallest absolute Gasteiger partial charge is 0.321 e. The first-order valence-corrected chi connectivity index (χ1v) is 7.81. The standard InChI is InChI=1S/C11H17NO6S/c1-2-18-11(15)8-19(16,17)7-10(14)12-5-3-9(13)4-6-12/h2-8H2,1H3. The first kappa shape index (κ1) is 15.6. The fourth-order valence-corrected chi connectivity index (χ4v) is 2.82. The fraction of sp³-hybridized carbons (Fsp3) is 0.727. The van der Waals surface area contributed by atoms with Crippen molar-refractivity contribution in [3.63, 3.8) is 0 Å². The van der Waals surface area contributed by atoms with Gasteiger partial charge in [-0.1, -0.05) is 0 Å². The number of sulfone groups is 1. The average Bonchev–Trinajstić information content (AvgIpc) is 2.28. The summed E-state index contributed by atoms with van der Waals surface area (Å²) in [5.74, 6) is -2.88. The second kappa shape index (κ2) is 6.65. The molecule has 8 heteroatoms. The summed E-state index contributed by atoms with van der Waals surface area (Å²) in [6.45, 7) is 2.15. The van der Waals surface area contributed by atoms with Crippen LogP contribution in [0.1, 0.15) is 19.8 Å². The molecule has 0 unspecified atom stereocenters. The number of ether oxygens (including phenoxy) is 1. The number of piperidine rings is 1. The molecule has 0 saturated carbocycles. The number of carbonyl (C=O) groups excluding carboxylic acids is 3. The predicted octanol–water partition coefficient (Wildman–Crippen LogP) is -0.844. The minimum Gasteiger partial charge on any atom is -0.465 e. The Hall–Kier alpha value is -1.44. The largest absolute Gasteiger partial charge is 0.465 e. The van der Waals surface area contributed by atoms with E-state index in [0.29, 0.717) is 0 Å². The molecule has 0 bridgehead atoms. The van der Waals surface area contributed by atoms with Crippen LogP contribution in [0.4, 0.5) is 0 Å². The third kappa shape index (κ3) is 5.37. The monoisotopic (exact) mass is 291 g/mol. The van der Waals surface area contributed by atoms with Gasteiger partial charge in [0.1, 0.15) is 17.3 Å². The van der Waals surface area contributed by atoms with Crippen LogP contribution < -0.4 is 0 Å². The molecule has 1 heterocycles. The van der Waals surface area contributed by atoms with Crippen molar-refractivity contribution in [3.8, 4) is 0 Å². The van der Waals surface area contributed by atoms with Gasteiger partial charge in [-0.15, -0.1) is 0 Å². The van der Waals surface area contributed by atoms with E-state index in [-0.39, 0.29) is 38.3 Å². The number of esters is 1. The summed E-state index contributed by atoms with van der Waals surface area (Å²) in [4.78, 5) is 35.2. The minimum atomic E-state index is -3.82. The van der Waals surface area contributed by atoms with Gasteiger partial charge < -0.3 is 9.64 Å². The third-order valence-electron chi connectivity index (χ3n) is 2.66. The van der Waals surface area contributed by atoms with Crippen LogP contribution in [-0.2, 0) is 29.0 Å². The SMILES string of the molecule is CCOC(=O)CS(=O)(=O)CC(=O)N1CCC(=O)CC1. The lowest BCUT2D eigenvalue weighted by molar-refractivity contribution is -0.140. The van der Waals surface area contributed by atoms with Gasteiger partial charge >= 0.3 is 5.97 Å². The summed E-state index contributed by atoms with van der Waals surface area (Å²) < 4.78 is 27.8. The van der Waals surface area contributed by atoms with E-state index in [1.54, 1.807) is 6.92 Å². The van der Waals surface area contributed by atoms with Gasteiger partial charge in [-0.2, -0.15) is 0 Å². The highest BCUT2D eigenvalue weighted by molar-refractivity contribution is 7.92. The van der Waals surface area contributed by atoms with Crippen molar-refractivity contribution in [2.24, 2.45) is 0 Å². The van der Waals surface area contributed by atoms with Crippen molar-refractivity contribution in [3.05, 3.63) is 0 Å². The van der Waals surface area contributed by atoms with Crippen LogP contribution in [-0.4, -0.2) is 62.2 Å². The van der Waals surface area contributed by atoms with Crippen LogP contribution in [0, 0.1) is 0 Å². The van der Waals surface area contributed by atoms with Crippen LogP contribution in [0.5, 0.6) is 0 Å². The minimum absolute atomic E-state index is 0.0680. The van der Waals surface area contributed by atoms with Crippen molar-refractivity contribution in [1.82, 2.24) is 4.90 Å². The van der Waals surface area contributed by atoms with Crippen molar-refractivity contribution < 1.29 is 27.5 Å². The Morgan fingerprint density at radius 2 is 1.79 bits per heavy atom. The lowest BCUT2D eigenvalue weighted by Crippen LogP contribution is -2.42. The van der Waals surface area contributed by atoms with Crippen LogP contribution >= 0.6 is 0 Å². The van der Waals surface area contributed by atoms with Gasteiger partial charge in [0.2, 0.25) is 5.91 Å². The number of hydrogen-bond donors (Lipinski definition) is 0. The maximum Gasteiger partial charge on any atom is 0.321 e. The number of ketones is 1. The molecule has 1 aliphatic heterocycles. The first-order chi connectivity index (χ1) is 8.84. The number of carbonyl (C=O) groups is 3. The molecule has 0 aromatic rings. The van der Waals surface area contributed by atoms with Crippen molar-refractivity contribution in [2.75, 3.05) is 31.2 Å². The van der Waals surface area contributed by atoms with Gasteiger partial charge in [-0.3, -0.25) is 14.4 Å². The summed E-state index contributed by atoms with van der Waals surface area (Å²) in [7, 11) is -3.82. The van der Waals surface area contributed by atoms with Crippen LogP contribution in [0.3, 0.4) is 0 Å². The van der Waals surface area contributed by atoms with Gasteiger partial charge in [-0.05, 0) is 6.92 Å². The zero-order chi connectivity index (χ0) is 14.5. The number of rotatable bonds is 5. The maximum absolute atomic E-state index is 11.7. The van der Waals surface area contributed by atoms with Crippen molar-refractivity contribution in [1.29, 1.82) is 0 Å². The predicted molar refractivity (Wildman–Crippen MR) is 66.1 cm³/mol. The van der Waals surface area contributed by atoms with Gasteiger partial charge in [0.05, 0.1) is 6.61 Å². The van der Waals surface area contributed by atoms with Gasteiger partial charge in [0, 0.05) is 25.9 Å². The van der Waals surface area contributed by atoms with E-state index in [2.05, 4.69) is 4.74 Å². The Kier molecular flexibility index (Phi) is 5.46. The molecule has 1 saturated heterocycles. The normalized spacial score (nSPS) is 16.3. The van der Waals surface area contributed by atoms with Crippen molar-refractivity contribution in [2.45, 2.75) is 19.8 Å². The zero-order valence-electron chi connectivity index (χ0n) is 10.8. The Labute approximate surface area is 111 Å². The molecule has 108 valence electrons. The van der Waals surface area contributed by atoms with Gasteiger partial charge in [0.25, 0.3) is 0 Å². The molecule has 1 fully saturated rings. The topological polar surface area (TPSA) is 97.8 Å². The molecule has 1 rings (SSSR count). The lowest BCUT2D eigenvalue weighted by Gasteiger charge is -2.25. The second-order valence-corrected chi connectivity index (χ2v) is 6.32. The van der Waals surface area contributed by atoms with E-state index in [1.165, 1.54) is 4.90 Å². The molecule has 0 aliphatic carbocycles. The molecule has 0 atom stereocenters. The lowest BCUT2D eigenvalue weighted by atomic mass is 10.1. The molecule has 7 nitrogen and oxygen atoms in total. The van der Waals surface area contributed by atoms with Crippen LogP contribution in [0.2, 0.25) is 0 Å². The first-order valence-electron chi connectivity index (χ1n) is 5.99. The maximum atomic E-state index is 11.7. The molecular weight excluding hydrogens is 274 g/mol. The second-order valence-electron chi connectivity index (χ2n) is 4.26. The molecule has 19 heavy (non-hydrogen) atoms.